The third kappa shape index (κ3) is 4.13. The van der Waals surface area contributed by atoms with Crippen molar-refractivity contribution in [1.29, 1.82) is 0 Å². The molecule has 0 aromatic rings. The van der Waals surface area contributed by atoms with E-state index in [2.05, 4.69) is 55.0 Å². The molecule has 2 fully saturated rings. The molecule has 0 bridgehead atoms. The van der Waals surface area contributed by atoms with E-state index in [1.165, 1.54) is 18.1 Å². The van der Waals surface area contributed by atoms with Crippen LogP contribution >= 0.6 is 0 Å². The molecule has 2 N–H and O–H groups in total. The van der Waals surface area contributed by atoms with Gasteiger partial charge in [0.1, 0.15) is 12.2 Å². The Kier molecular flexibility index (Phi) is 7.41. The topological polar surface area (TPSA) is 66.8 Å². The number of allylic oxidation sites excluding steroid dienone is 2. The Morgan fingerprint density at radius 1 is 1.08 bits per heavy atom. The highest BCUT2D eigenvalue weighted by Crippen LogP contribution is 2.68. The molecule has 2 saturated carbocycles. The summed E-state index contributed by atoms with van der Waals surface area (Å²) in [6.07, 6.45) is 6.41. The fourth-order valence-corrected chi connectivity index (χ4v) is 9.59. The van der Waals surface area contributed by atoms with Crippen LogP contribution in [0.3, 0.4) is 0 Å². The fraction of sp³-hybridized carbons (Fsp3) is 0.844. The summed E-state index contributed by atoms with van der Waals surface area (Å²) >= 11 is 0. The van der Waals surface area contributed by atoms with Crippen molar-refractivity contribution >= 4 is 5.97 Å². The molecular weight excluding hydrogens is 448 g/mol. The van der Waals surface area contributed by atoms with Crippen LogP contribution in [-0.2, 0) is 9.53 Å². The van der Waals surface area contributed by atoms with Crippen molar-refractivity contribution in [2.45, 2.75) is 125 Å². The first kappa shape index (κ1) is 27.9. The number of rotatable bonds is 6. The smallest absolute Gasteiger partial charge is 0.303 e. The molecule has 4 nitrogen and oxygen atoms in total. The van der Waals surface area contributed by atoms with Gasteiger partial charge in [0, 0.05) is 12.3 Å². The van der Waals surface area contributed by atoms with E-state index < -0.39 is 12.2 Å². The lowest BCUT2D eigenvalue weighted by Gasteiger charge is -2.62. The molecule has 4 rings (SSSR count). The first-order chi connectivity index (χ1) is 16.7. The van der Waals surface area contributed by atoms with Gasteiger partial charge in [-0.2, -0.15) is 0 Å². The van der Waals surface area contributed by atoms with Crippen molar-refractivity contribution in [2.75, 3.05) is 0 Å². The summed E-state index contributed by atoms with van der Waals surface area (Å²) in [5.74, 6) is 1.71. The molecule has 4 aliphatic rings. The van der Waals surface area contributed by atoms with Crippen molar-refractivity contribution in [2.24, 2.45) is 45.8 Å². The highest BCUT2D eigenvalue weighted by atomic mass is 16.6. The highest BCUT2D eigenvalue weighted by Gasteiger charge is 2.65. The van der Waals surface area contributed by atoms with Gasteiger partial charge in [0.15, 0.2) is 0 Å². The molecular formula is C32H52O4. The Hall–Kier alpha value is -1.13. The Balaban J connectivity index is 1.75. The zero-order valence-electron chi connectivity index (χ0n) is 24.2. The molecule has 0 radical (unpaired) electrons. The van der Waals surface area contributed by atoms with E-state index >= 15 is 0 Å². The minimum absolute atomic E-state index is 0.172. The summed E-state index contributed by atoms with van der Waals surface area (Å²) in [6, 6.07) is 0. The van der Waals surface area contributed by atoms with Crippen LogP contribution in [0.25, 0.3) is 0 Å². The Morgan fingerprint density at radius 2 is 1.75 bits per heavy atom. The van der Waals surface area contributed by atoms with Crippen molar-refractivity contribution in [3.63, 3.8) is 0 Å². The molecule has 36 heavy (non-hydrogen) atoms. The highest BCUT2D eigenvalue weighted by molar-refractivity contribution is 5.66. The standard InChI is InChI=1S/C32H52O4/c1-18(2)19(3)10-11-20(4)23-13-14-24-22-12-15-25-30(6,7)26(34)16-17-31(25,8)27(22)28(35)29(32(23,24)9)36-21(5)33/h18,20,23-26,28-29,34-35H,3,10-17H2,1-2,4-9H3/t20?,23-,24?,25+,26?,28-,29+,31?,32?/m1/s1. The molecule has 0 saturated heterocycles. The number of carbonyl (C=O) groups excluding carboxylic acids is 1. The number of ether oxygens (including phenoxy) is 1. The molecule has 0 aromatic heterocycles. The van der Waals surface area contributed by atoms with Crippen LogP contribution in [-0.4, -0.2) is 34.5 Å². The van der Waals surface area contributed by atoms with Crippen molar-refractivity contribution in [1.82, 2.24) is 0 Å². The van der Waals surface area contributed by atoms with E-state index in [9.17, 15) is 15.0 Å². The van der Waals surface area contributed by atoms with Crippen molar-refractivity contribution in [3.05, 3.63) is 23.3 Å². The molecule has 9 atom stereocenters. The molecule has 0 aromatic carbocycles. The molecule has 204 valence electrons. The van der Waals surface area contributed by atoms with Gasteiger partial charge in [-0.25, -0.2) is 0 Å². The lowest BCUT2D eigenvalue weighted by Crippen LogP contribution is -2.61. The van der Waals surface area contributed by atoms with Crippen molar-refractivity contribution in [3.8, 4) is 0 Å². The Labute approximate surface area is 220 Å². The molecule has 0 amide bonds. The average Bonchev–Trinajstić information content (AvgIpc) is 3.15. The van der Waals surface area contributed by atoms with E-state index in [0.29, 0.717) is 29.6 Å². The van der Waals surface area contributed by atoms with Gasteiger partial charge in [-0.1, -0.05) is 66.2 Å². The number of carbonyl (C=O) groups is 1. The quantitative estimate of drug-likeness (QED) is 0.309. The van der Waals surface area contributed by atoms with Crippen LogP contribution in [0.2, 0.25) is 0 Å². The SMILES string of the molecule is C=C(CCC(C)[C@H]1CCC2C3=C([C@@H](O)[C@H](OC(C)=O)C21C)C1(C)CCC(O)C(C)(C)[C@@H]1CC3)C(C)C. The molecule has 5 unspecified atom stereocenters. The normalized spacial score (nSPS) is 42.4. The largest absolute Gasteiger partial charge is 0.459 e. The lowest BCUT2D eigenvalue weighted by atomic mass is 9.45. The summed E-state index contributed by atoms with van der Waals surface area (Å²) in [5.41, 5.74) is 3.28. The van der Waals surface area contributed by atoms with Gasteiger partial charge in [0.25, 0.3) is 0 Å². The number of hydrogen-bond donors (Lipinski definition) is 2. The summed E-state index contributed by atoms with van der Waals surface area (Å²) in [5, 5.41) is 23.0. The van der Waals surface area contributed by atoms with Gasteiger partial charge in [0.2, 0.25) is 0 Å². The van der Waals surface area contributed by atoms with E-state index in [-0.39, 0.29) is 28.3 Å². The predicted octanol–water partition coefficient (Wildman–Crippen LogP) is 6.85. The second-order valence-electron chi connectivity index (χ2n) is 14.2. The zero-order chi connectivity index (χ0) is 26.8. The third-order valence-electron chi connectivity index (χ3n) is 11.8. The van der Waals surface area contributed by atoms with Crippen LogP contribution in [0, 0.1) is 45.8 Å². The maximum absolute atomic E-state index is 12.4. The van der Waals surface area contributed by atoms with E-state index in [1.54, 1.807) is 0 Å². The summed E-state index contributed by atoms with van der Waals surface area (Å²) in [7, 11) is 0. The van der Waals surface area contributed by atoms with Gasteiger partial charge in [-0.3, -0.25) is 4.79 Å². The Bertz CT molecular complexity index is 915. The minimum Gasteiger partial charge on any atom is -0.459 e. The predicted molar refractivity (Wildman–Crippen MR) is 145 cm³/mol. The van der Waals surface area contributed by atoms with Crippen LogP contribution in [0.1, 0.15) is 107 Å². The molecule has 4 aliphatic carbocycles. The first-order valence-electron chi connectivity index (χ1n) is 14.6. The number of aliphatic hydroxyl groups is 2. The summed E-state index contributed by atoms with van der Waals surface area (Å²) in [4.78, 5) is 12.4. The molecule has 0 spiro atoms. The minimum atomic E-state index is -0.776. The number of esters is 1. The van der Waals surface area contributed by atoms with E-state index in [1.807, 2.05) is 0 Å². The summed E-state index contributed by atoms with van der Waals surface area (Å²) < 4.78 is 6.12. The Morgan fingerprint density at radius 3 is 2.36 bits per heavy atom. The van der Waals surface area contributed by atoms with Gasteiger partial charge in [-0.15, -0.1) is 0 Å². The maximum Gasteiger partial charge on any atom is 0.303 e. The van der Waals surface area contributed by atoms with Gasteiger partial charge in [0.05, 0.1) is 6.10 Å². The van der Waals surface area contributed by atoms with Gasteiger partial charge in [-0.05, 0) is 97.4 Å². The fourth-order valence-electron chi connectivity index (χ4n) is 9.59. The van der Waals surface area contributed by atoms with Crippen molar-refractivity contribution < 1.29 is 19.7 Å². The van der Waals surface area contributed by atoms with Gasteiger partial charge >= 0.3 is 5.97 Å². The maximum atomic E-state index is 12.4. The van der Waals surface area contributed by atoms with E-state index in [4.69, 9.17) is 4.74 Å². The average molecular weight is 501 g/mol. The number of aliphatic hydroxyl groups excluding tert-OH is 2. The van der Waals surface area contributed by atoms with Gasteiger partial charge < -0.3 is 14.9 Å². The number of hydrogen-bond acceptors (Lipinski definition) is 4. The van der Waals surface area contributed by atoms with Crippen LogP contribution in [0.5, 0.6) is 0 Å². The van der Waals surface area contributed by atoms with Crippen LogP contribution in [0.4, 0.5) is 0 Å². The molecule has 0 heterocycles. The molecule has 0 aliphatic heterocycles. The van der Waals surface area contributed by atoms with E-state index in [0.717, 1.165) is 56.9 Å². The third-order valence-corrected chi connectivity index (χ3v) is 11.8. The number of fused-ring (bicyclic) bond motifs is 4. The molecule has 4 heteroatoms. The zero-order valence-corrected chi connectivity index (χ0v) is 24.2. The second kappa shape index (κ2) is 9.56. The van der Waals surface area contributed by atoms with Crippen LogP contribution < -0.4 is 0 Å². The lowest BCUT2D eigenvalue weighted by molar-refractivity contribution is -0.177. The monoisotopic (exact) mass is 500 g/mol. The first-order valence-corrected chi connectivity index (χ1v) is 14.6. The second-order valence-corrected chi connectivity index (χ2v) is 14.2. The summed E-state index contributed by atoms with van der Waals surface area (Å²) in [6.45, 7) is 21.6. The van der Waals surface area contributed by atoms with Crippen LogP contribution in [0.15, 0.2) is 23.3 Å².